The van der Waals surface area contributed by atoms with E-state index in [-0.39, 0.29) is 24.3 Å². The third-order valence-electron chi connectivity index (χ3n) is 3.67. The first-order chi connectivity index (χ1) is 12.5. The fourth-order valence-electron chi connectivity index (χ4n) is 2.39. The number of carbonyl (C=O) groups is 1. The van der Waals surface area contributed by atoms with Crippen LogP contribution in [0.4, 0.5) is 8.78 Å². The van der Waals surface area contributed by atoms with Crippen LogP contribution in [0.5, 0.6) is 17.2 Å². The van der Waals surface area contributed by atoms with Crippen molar-refractivity contribution in [2.24, 2.45) is 0 Å². The van der Waals surface area contributed by atoms with Crippen LogP contribution in [-0.2, 0) is 11.4 Å². The van der Waals surface area contributed by atoms with Crippen molar-refractivity contribution >= 4 is 5.97 Å². The minimum atomic E-state index is -2.65. The molecule has 0 unspecified atom stereocenters. The van der Waals surface area contributed by atoms with Crippen LogP contribution in [0, 0.1) is 6.92 Å². The highest BCUT2D eigenvalue weighted by atomic mass is 19.3. The average Bonchev–Trinajstić information content (AvgIpc) is 2.62. The summed E-state index contributed by atoms with van der Waals surface area (Å²) in [6.07, 6.45) is -2.43. The third-order valence-corrected chi connectivity index (χ3v) is 3.67. The van der Waals surface area contributed by atoms with Crippen LogP contribution >= 0.6 is 0 Å². The molecule has 0 heterocycles. The number of benzene rings is 2. The Hall–Kier alpha value is -2.63. The number of ether oxygens (including phenoxy) is 3. The van der Waals surface area contributed by atoms with Gasteiger partial charge >= 0.3 is 5.97 Å². The maximum absolute atomic E-state index is 13.3. The van der Waals surface area contributed by atoms with E-state index in [0.717, 1.165) is 5.56 Å². The number of carbonyl (C=O) groups excluding carboxylic acids is 1. The van der Waals surface area contributed by atoms with Gasteiger partial charge in [0.1, 0.15) is 23.9 Å². The number of rotatable bonds is 8. The van der Waals surface area contributed by atoms with Gasteiger partial charge < -0.3 is 14.2 Å². The van der Waals surface area contributed by atoms with E-state index in [1.165, 1.54) is 12.1 Å². The topological polar surface area (TPSA) is 44.8 Å². The molecule has 140 valence electrons. The molecular weight excluding hydrogens is 342 g/mol. The summed E-state index contributed by atoms with van der Waals surface area (Å²) >= 11 is 0. The highest BCUT2D eigenvalue weighted by Gasteiger charge is 2.18. The molecule has 0 aliphatic rings. The molecule has 2 aromatic rings. The minimum Gasteiger partial charge on any atom is -0.493 e. The van der Waals surface area contributed by atoms with Gasteiger partial charge in [-0.15, -0.1) is 0 Å². The summed E-state index contributed by atoms with van der Waals surface area (Å²) in [4.78, 5) is 11.7. The summed E-state index contributed by atoms with van der Waals surface area (Å²) in [5.41, 5.74) is 1.04. The standard InChI is InChI=1S/C20H22F2O4/c1-4-19(23)26-18-8-6-7-16(24-5-2)15(18)12-25-17-10-9-13(3)11-14(17)20(21)22/h6-11,20H,4-5,12H2,1-3H3. The van der Waals surface area contributed by atoms with E-state index in [1.807, 2.05) is 6.92 Å². The number of esters is 1. The zero-order valence-corrected chi connectivity index (χ0v) is 15.1. The molecule has 2 aromatic carbocycles. The van der Waals surface area contributed by atoms with Gasteiger partial charge in [-0.05, 0) is 38.1 Å². The number of hydrogen-bond donors (Lipinski definition) is 0. The van der Waals surface area contributed by atoms with Crippen LogP contribution in [0.15, 0.2) is 36.4 Å². The van der Waals surface area contributed by atoms with E-state index in [0.29, 0.717) is 23.7 Å². The first kappa shape index (κ1) is 19.7. The van der Waals surface area contributed by atoms with Crippen LogP contribution < -0.4 is 14.2 Å². The highest BCUT2D eigenvalue weighted by molar-refractivity contribution is 5.72. The van der Waals surface area contributed by atoms with Gasteiger partial charge in [-0.3, -0.25) is 4.79 Å². The average molecular weight is 364 g/mol. The molecule has 0 N–H and O–H groups in total. The predicted octanol–water partition coefficient (Wildman–Crippen LogP) is 5.23. The Morgan fingerprint density at radius 2 is 1.77 bits per heavy atom. The van der Waals surface area contributed by atoms with Crippen LogP contribution in [-0.4, -0.2) is 12.6 Å². The molecule has 0 amide bonds. The Balaban J connectivity index is 2.32. The van der Waals surface area contributed by atoms with Crippen molar-refractivity contribution in [1.29, 1.82) is 0 Å². The zero-order chi connectivity index (χ0) is 19.1. The molecule has 26 heavy (non-hydrogen) atoms. The van der Waals surface area contributed by atoms with Crippen molar-refractivity contribution < 1.29 is 27.8 Å². The van der Waals surface area contributed by atoms with E-state index in [9.17, 15) is 13.6 Å². The SMILES string of the molecule is CCOc1cccc(OC(=O)CC)c1COc1ccc(C)cc1C(F)F. The fourth-order valence-corrected chi connectivity index (χ4v) is 2.39. The molecule has 0 saturated carbocycles. The van der Waals surface area contributed by atoms with Crippen molar-refractivity contribution in [3.8, 4) is 17.2 Å². The smallest absolute Gasteiger partial charge is 0.310 e. The molecule has 4 nitrogen and oxygen atoms in total. The van der Waals surface area contributed by atoms with E-state index >= 15 is 0 Å². The Bertz CT molecular complexity index is 759. The van der Waals surface area contributed by atoms with Gasteiger partial charge in [0.05, 0.1) is 17.7 Å². The second kappa shape index (κ2) is 9.17. The lowest BCUT2D eigenvalue weighted by atomic mass is 10.1. The molecule has 0 aliphatic carbocycles. The lowest BCUT2D eigenvalue weighted by Crippen LogP contribution is -2.10. The van der Waals surface area contributed by atoms with Gasteiger partial charge in [-0.2, -0.15) is 0 Å². The van der Waals surface area contributed by atoms with E-state index in [4.69, 9.17) is 14.2 Å². The Labute approximate surface area is 151 Å². The van der Waals surface area contributed by atoms with Gasteiger partial charge in [-0.25, -0.2) is 8.78 Å². The van der Waals surface area contributed by atoms with Crippen molar-refractivity contribution in [3.05, 3.63) is 53.1 Å². The Morgan fingerprint density at radius 3 is 2.42 bits per heavy atom. The number of hydrogen-bond acceptors (Lipinski definition) is 4. The second-order valence-electron chi connectivity index (χ2n) is 5.62. The lowest BCUT2D eigenvalue weighted by Gasteiger charge is -2.17. The molecule has 0 atom stereocenters. The van der Waals surface area contributed by atoms with E-state index < -0.39 is 12.4 Å². The van der Waals surface area contributed by atoms with Crippen molar-refractivity contribution in [1.82, 2.24) is 0 Å². The van der Waals surface area contributed by atoms with Crippen molar-refractivity contribution in [3.63, 3.8) is 0 Å². The molecule has 6 heteroatoms. The summed E-state index contributed by atoms with van der Waals surface area (Å²) in [6, 6.07) is 9.65. The molecule has 0 bridgehead atoms. The normalized spacial score (nSPS) is 10.7. The maximum atomic E-state index is 13.3. The summed E-state index contributed by atoms with van der Waals surface area (Å²) in [6.45, 7) is 5.59. The van der Waals surface area contributed by atoms with Crippen LogP contribution in [0.1, 0.15) is 43.4 Å². The minimum absolute atomic E-state index is 0.0642. The second-order valence-corrected chi connectivity index (χ2v) is 5.62. The fraction of sp³-hybridized carbons (Fsp3) is 0.350. The van der Waals surface area contributed by atoms with Gasteiger partial charge in [0.25, 0.3) is 6.43 Å². The number of aryl methyl sites for hydroxylation is 1. The summed E-state index contributed by atoms with van der Waals surface area (Å²) in [5, 5.41) is 0. The molecule has 0 aliphatic heterocycles. The molecule has 0 saturated heterocycles. The molecule has 0 spiro atoms. The molecular formula is C20H22F2O4. The van der Waals surface area contributed by atoms with Gasteiger partial charge in [-0.1, -0.05) is 24.6 Å². The molecule has 0 aromatic heterocycles. The highest BCUT2D eigenvalue weighted by Crippen LogP contribution is 2.34. The zero-order valence-electron chi connectivity index (χ0n) is 15.1. The number of alkyl halides is 2. The number of halogens is 2. The van der Waals surface area contributed by atoms with E-state index in [1.54, 1.807) is 38.1 Å². The van der Waals surface area contributed by atoms with Crippen molar-refractivity contribution in [2.45, 2.75) is 40.2 Å². The summed E-state index contributed by atoms with van der Waals surface area (Å²) in [7, 11) is 0. The molecule has 2 rings (SSSR count). The Morgan fingerprint density at radius 1 is 1.04 bits per heavy atom. The Kier molecular flexibility index (Phi) is 6.95. The van der Waals surface area contributed by atoms with Crippen LogP contribution in [0.25, 0.3) is 0 Å². The largest absolute Gasteiger partial charge is 0.493 e. The summed E-state index contributed by atoms with van der Waals surface area (Å²) in [5.74, 6) is 0.473. The van der Waals surface area contributed by atoms with Crippen LogP contribution in [0.3, 0.4) is 0 Å². The van der Waals surface area contributed by atoms with Crippen LogP contribution in [0.2, 0.25) is 0 Å². The monoisotopic (exact) mass is 364 g/mol. The predicted molar refractivity (Wildman–Crippen MR) is 94.0 cm³/mol. The first-order valence-corrected chi connectivity index (χ1v) is 8.43. The van der Waals surface area contributed by atoms with Crippen molar-refractivity contribution in [2.75, 3.05) is 6.61 Å². The molecule has 0 radical (unpaired) electrons. The quantitative estimate of drug-likeness (QED) is 0.475. The van der Waals surface area contributed by atoms with Gasteiger partial charge in [0.2, 0.25) is 0 Å². The third kappa shape index (κ3) is 4.94. The van der Waals surface area contributed by atoms with E-state index in [2.05, 4.69) is 0 Å². The maximum Gasteiger partial charge on any atom is 0.310 e. The summed E-state index contributed by atoms with van der Waals surface area (Å²) < 4.78 is 43.0. The van der Waals surface area contributed by atoms with Gasteiger partial charge in [0, 0.05) is 6.42 Å². The molecule has 0 fully saturated rings. The van der Waals surface area contributed by atoms with Gasteiger partial charge in [0.15, 0.2) is 0 Å². The lowest BCUT2D eigenvalue weighted by molar-refractivity contribution is -0.134. The first-order valence-electron chi connectivity index (χ1n) is 8.43.